The molecule has 0 aliphatic heterocycles. The molecule has 1 aliphatic rings. The van der Waals surface area contributed by atoms with E-state index in [0.29, 0.717) is 24.1 Å². The lowest BCUT2D eigenvalue weighted by Crippen LogP contribution is -2.06. The molecule has 0 heterocycles. The van der Waals surface area contributed by atoms with Crippen molar-refractivity contribution >= 4 is 9.84 Å². The molecule has 0 aromatic rings. The van der Waals surface area contributed by atoms with Crippen molar-refractivity contribution in [1.29, 1.82) is 0 Å². The molecule has 3 nitrogen and oxygen atoms in total. The van der Waals surface area contributed by atoms with Gasteiger partial charge in [0.2, 0.25) is 0 Å². The van der Waals surface area contributed by atoms with Crippen LogP contribution in [0.1, 0.15) is 12.8 Å². The summed E-state index contributed by atoms with van der Waals surface area (Å²) in [5.74, 6) is 1.53. The molecule has 2 N–H and O–H groups in total. The Morgan fingerprint density at radius 2 is 2.09 bits per heavy atom. The van der Waals surface area contributed by atoms with Crippen LogP contribution in [0, 0.1) is 11.8 Å². The van der Waals surface area contributed by atoms with Gasteiger partial charge in [-0.25, -0.2) is 8.42 Å². The maximum absolute atomic E-state index is 10.7. The van der Waals surface area contributed by atoms with Crippen molar-refractivity contribution in [1.82, 2.24) is 0 Å². The Kier molecular flexibility index (Phi) is 2.54. The van der Waals surface area contributed by atoms with Crippen LogP contribution in [0.4, 0.5) is 0 Å². The minimum Gasteiger partial charge on any atom is -0.330 e. The standard InChI is InChI=1S/C7H15NO2S/c1-11(9,10)3-2-6-4-7(6)5-8/h6-7H,2-5,8H2,1H3. The van der Waals surface area contributed by atoms with Gasteiger partial charge in [0.05, 0.1) is 5.75 Å². The van der Waals surface area contributed by atoms with E-state index in [9.17, 15) is 8.42 Å². The van der Waals surface area contributed by atoms with Gasteiger partial charge in [0.25, 0.3) is 0 Å². The summed E-state index contributed by atoms with van der Waals surface area (Å²) in [6.07, 6.45) is 3.22. The maximum Gasteiger partial charge on any atom is 0.147 e. The Balaban J connectivity index is 2.16. The Morgan fingerprint density at radius 1 is 1.45 bits per heavy atom. The summed E-state index contributed by atoms with van der Waals surface area (Å²) in [6.45, 7) is 0.717. The minimum absolute atomic E-state index is 0.328. The first-order valence-corrected chi connectivity index (χ1v) is 5.97. The van der Waals surface area contributed by atoms with E-state index in [1.54, 1.807) is 0 Å². The Hall–Kier alpha value is -0.0900. The quantitative estimate of drug-likeness (QED) is 0.658. The van der Waals surface area contributed by atoms with E-state index in [1.807, 2.05) is 0 Å². The summed E-state index contributed by atoms with van der Waals surface area (Å²) in [5, 5.41) is 0. The van der Waals surface area contributed by atoms with Gasteiger partial charge in [-0.1, -0.05) is 0 Å². The third-order valence-corrected chi connectivity index (χ3v) is 3.21. The molecule has 0 spiro atoms. The third kappa shape index (κ3) is 3.20. The maximum atomic E-state index is 10.7. The summed E-state index contributed by atoms with van der Waals surface area (Å²) in [7, 11) is -2.75. The van der Waals surface area contributed by atoms with Crippen molar-refractivity contribution in [2.45, 2.75) is 12.8 Å². The van der Waals surface area contributed by atoms with Crippen LogP contribution in [0.15, 0.2) is 0 Å². The molecule has 1 fully saturated rings. The van der Waals surface area contributed by atoms with E-state index in [-0.39, 0.29) is 0 Å². The van der Waals surface area contributed by atoms with Crippen molar-refractivity contribution in [3.63, 3.8) is 0 Å². The average molecular weight is 177 g/mol. The fraction of sp³-hybridized carbons (Fsp3) is 1.00. The first-order valence-electron chi connectivity index (χ1n) is 3.90. The van der Waals surface area contributed by atoms with Crippen LogP contribution in [0.25, 0.3) is 0 Å². The average Bonchev–Trinajstić information content (AvgIpc) is 2.60. The lowest BCUT2D eigenvalue weighted by Gasteiger charge is -1.96. The predicted molar refractivity (Wildman–Crippen MR) is 45.0 cm³/mol. The van der Waals surface area contributed by atoms with E-state index in [2.05, 4.69) is 0 Å². The van der Waals surface area contributed by atoms with E-state index >= 15 is 0 Å². The zero-order valence-corrected chi connectivity index (χ0v) is 7.60. The zero-order chi connectivity index (χ0) is 8.48. The van der Waals surface area contributed by atoms with Crippen LogP contribution in [0.2, 0.25) is 0 Å². The van der Waals surface area contributed by atoms with Gasteiger partial charge in [-0.2, -0.15) is 0 Å². The van der Waals surface area contributed by atoms with E-state index < -0.39 is 9.84 Å². The van der Waals surface area contributed by atoms with Gasteiger partial charge < -0.3 is 5.73 Å². The molecule has 0 aromatic heterocycles. The Labute approximate surface area is 67.9 Å². The van der Waals surface area contributed by atoms with Gasteiger partial charge in [0, 0.05) is 6.26 Å². The molecule has 0 bridgehead atoms. The van der Waals surface area contributed by atoms with E-state index in [1.165, 1.54) is 6.26 Å². The van der Waals surface area contributed by atoms with Crippen molar-refractivity contribution < 1.29 is 8.42 Å². The summed E-state index contributed by atoms with van der Waals surface area (Å²) in [6, 6.07) is 0. The molecular formula is C7H15NO2S. The molecule has 2 atom stereocenters. The van der Waals surface area contributed by atoms with Crippen molar-refractivity contribution in [2.75, 3.05) is 18.6 Å². The molecule has 0 amide bonds. The second-order valence-electron chi connectivity index (χ2n) is 3.41. The summed E-state index contributed by atoms with van der Waals surface area (Å²) in [4.78, 5) is 0. The number of sulfone groups is 1. The topological polar surface area (TPSA) is 60.2 Å². The Bertz CT molecular complexity index is 223. The normalized spacial score (nSPS) is 30.4. The highest BCUT2D eigenvalue weighted by molar-refractivity contribution is 7.90. The fourth-order valence-corrected chi connectivity index (χ4v) is 2.05. The smallest absolute Gasteiger partial charge is 0.147 e. The summed E-state index contributed by atoms with van der Waals surface area (Å²) >= 11 is 0. The van der Waals surface area contributed by atoms with E-state index in [0.717, 1.165) is 12.8 Å². The molecule has 1 aliphatic carbocycles. The number of hydrogen-bond acceptors (Lipinski definition) is 3. The zero-order valence-electron chi connectivity index (χ0n) is 6.79. The van der Waals surface area contributed by atoms with Gasteiger partial charge in [0.1, 0.15) is 9.84 Å². The Morgan fingerprint density at radius 3 is 2.45 bits per heavy atom. The largest absolute Gasteiger partial charge is 0.330 e. The van der Waals surface area contributed by atoms with Gasteiger partial charge in [-0.05, 0) is 31.2 Å². The van der Waals surface area contributed by atoms with Crippen LogP contribution < -0.4 is 5.73 Å². The second kappa shape index (κ2) is 3.11. The molecule has 66 valence electrons. The third-order valence-electron chi connectivity index (χ3n) is 2.23. The molecule has 2 unspecified atom stereocenters. The van der Waals surface area contributed by atoms with Crippen molar-refractivity contribution in [3.8, 4) is 0 Å². The minimum atomic E-state index is -2.75. The first kappa shape index (κ1) is 9.00. The van der Waals surface area contributed by atoms with Crippen LogP contribution in [-0.4, -0.2) is 27.0 Å². The first-order chi connectivity index (χ1) is 5.03. The number of nitrogens with two attached hydrogens (primary N) is 1. The van der Waals surface area contributed by atoms with Crippen LogP contribution in [-0.2, 0) is 9.84 Å². The van der Waals surface area contributed by atoms with Gasteiger partial charge in [-0.3, -0.25) is 0 Å². The molecule has 4 heteroatoms. The second-order valence-corrected chi connectivity index (χ2v) is 5.67. The van der Waals surface area contributed by atoms with Crippen LogP contribution >= 0.6 is 0 Å². The van der Waals surface area contributed by atoms with Crippen LogP contribution in [0.3, 0.4) is 0 Å². The van der Waals surface area contributed by atoms with Crippen LogP contribution in [0.5, 0.6) is 0 Å². The lowest BCUT2D eigenvalue weighted by atomic mass is 10.2. The number of rotatable bonds is 4. The summed E-state index contributed by atoms with van der Waals surface area (Å²) < 4.78 is 21.5. The highest BCUT2D eigenvalue weighted by Crippen LogP contribution is 2.40. The molecule has 1 rings (SSSR count). The summed E-state index contributed by atoms with van der Waals surface area (Å²) in [5.41, 5.74) is 5.41. The number of hydrogen-bond donors (Lipinski definition) is 1. The van der Waals surface area contributed by atoms with E-state index in [4.69, 9.17) is 5.73 Å². The SMILES string of the molecule is CS(=O)(=O)CCC1CC1CN. The molecule has 11 heavy (non-hydrogen) atoms. The molecule has 0 saturated heterocycles. The molecule has 0 aromatic carbocycles. The predicted octanol–water partition coefficient (Wildman–Crippen LogP) is 0.0159. The van der Waals surface area contributed by atoms with Crippen molar-refractivity contribution in [3.05, 3.63) is 0 Å². The van der Waals surface area contributed by atoms with Gasteiger partial charge in [-0.15, -0.1) is 0 Å². The molecular weight excluding hydrogens is 162 g/mol. The monoisotopic (exact) mass is 177 g/mol. The highest BCUT2D eigenvalue weighted by Gasteiger charge is 2.35. The highest BCUT2D eigenvalue weighted by atomic mass is 32.2. The lowest BCUT2D eigenvalue weighted by molar-refractivity contribution is 0.592. The van der Waals surface area contributed by atoms with Gasteiger partial charge >= 0.3 is 0 Å². The molecule has 1 saturated carbocycles. The van der Waals surface area contributed by atoms with Crippen molar-refractivity contribution in [2.24, 2.45) is 17.6 Å². The molecule has 0 radical (unpaired) electrons. The van der Waals surface area contributed by atoms with Gasteiger partial charge in [0.15, 0.2) is 0 Å². The fourth-order valence-electron chi connectivity index (χ4n) is 1.32.